The summed E-state index contributed by atoms with van der Waals surface area (Å²) in [7, 11) is 1.31. The van der Waals surface area contributed by atoms with Crippen molar-refractivity contribution in [3.8, 4) is 5.75 Å². The number of esters is 2. The summed E-state index contributed by atoms with van der Waals surface area (Å²) >= 11 is 3.37. The van der Waals surface area contributed by atoms with Gasteiger partial charge in [-0.15, -0.1) is 0 Å². The van der Waals surface area contributed by atoms with Crippen molar-refractivity contribution < 1.29 is 28.2 Å². The second kappa shape index (κ2) is 7.04. The van der Waals surface area contributed by atoms with Gasteiger partial charge in [0, 0.05) is 5.39 Å². The minimum atomic E-state index is -0.779. The van der Waals surface area contributed by atoms with Crippen LogP contribution in [0.2, 0.25) is 0 Å². The number of halogens is 1. The summed E-state index contributed by atoms with van der Waals surface area (Å²) in [4.78, 5) is 23.6. The van der Waals surface area contributed by atoms with E-state index in [4.69, 9.17) is 18.6 Å². The maximum atomic E-state index is 11.9. The molecule has 124 valence electrons. The maximum Gasteiger partial charge on any atom is 0.347 e. The molecule has 2 rings (SSSR count). The normalized spacial score (nSPS) is 12.0. The van der Waals surface area contributed by atoms with Crippen LogP contribution in [0.25, 0.3) is 11.0 Å². The fourth-order valence-electron chi connectivity index (χ4n) is 2.16. The third-order valence-corrected chi connectivity index (χ3v) is 3.85. The first-order valence-electron chi connectivity index (χ1n) is 7.03. The number of aryl methyl sites for hydroxylation is 1. The van der Waals surface area contributed by atoms with E-state index in [1.54, 1.807) is 32.9 Å². The standard InChI is InChI=1S/C16H17BrO6/c1-5-21-15(18)9(3)23-13-6-10-12(7-11(13)17)22-8(2)14(10)16(19)20-4/h6-7,9H,5H2,1-4H3. The monoisotopic (exact) mass is 384 g/mol. The van der Waals surface area contributed by atoms with Crippen molar-refractivity contribution in [2.24, 2.45) is 0 Å². The number of rotatable bonds is 5. The third-order valence-electron chi connectivity index (χ3n) is 3.23. The summed E-state index contributed by atoms with van der Waals surface area (Å²) in [5.74, 6) is -0.0950. The Kier molecular flexibility index (Phi) is 5.30. The average molecular weight is 385 g/mol. The van der Waals surface area contributed by atoms with Crippen molar-refractivity contribution in [3.05, 3.63) is 27.9 Å². The van der Waals surface area contributed by atoms with Crippen molar-refractivity contribution in [1.82, 2.24) is 0 Å². The van der Waals surface area contributed by atoms with Crippen LogP contribution in [0.1, 0.15) is 30.0 Å². The van der Waals surface area contributed by atoms with Crippen LogP contribution in [-0.4, -0.2) is 31.8 Å². The van der Waals surface area contributed by atoms with Crippen molar-refractivity contribution >= 4 is 38.8 Å². The zero-order chi connectivity index (χ0) is 17.1. The number of hydrogen-bond donors (Lipinski definition) is 0. The molecule has 0 spiro atoms. The zero-order valence-corrected chi connectivity index (χ0v) is 14.9. The van der Waals surface area contributed by atoms with Gasteiger partial charge in [0.25, 0.3) is 0 Å². The van der Waals surface area contributed by atoms with Gasteiger partial charge in [-0.2, -0.15) is 0 Å². The molecule has 0 saturated heterocycles. The molecule has 1 atom stereocenters. The Bertz CT molecular complexity index is 749. The molecule has 1 unspecified atom stereocenters. The van der Waals surface area contributed by atoms with Crippen LogP contribution in [0.3, 0.4) is 0 Å². The van der Waals surface area contributed by atoms with Crippen molar-refractivity contribution in [3.63, 3.8) is 0 Å². The lowest BCUT2D eigenvalue weighted by atomic mass is 10.1. The smallest absolute Gasteiger partial charge is 0.347 e. The molecule has 7 heteroatoms. The van der Waals surface area contributed by atoms with Crippen molar-refractivity contribution in [1.29, 1.82) is 0 Å². The van der Waals surface area contributed by atoms with E-state index in [0.29, 0.717) is 32.5 Å². The molecule has 0 aliphatic carbocycles. The molecule has 1 aromatic carbocycles. The van der Waals surface area contributed by atoms with Crippen LogP contribution in [0.15, 0.2) is 21.0 Å². The summed E-state index contributed by atoms with van der Waals surface area (Å²) in [6, 6.07) is 3.32. The molecule has 0 aliphatic rings. The summed E-state index contributed by atoms with van der Waals surface area (Å²) in [5, 5.41) is 0.559. The number of benzene rings is 1. The first-order valence-corrected chi connectivity index (χ1v) is 7.82. The van der Waals surface area contributed by atoms with Crippen LogP contribution >= 0.6 is 15.9 Å². The van der Waals surface area contributed by atoms with Gasteiger partial charge in [0.2, 0.25) is 0 Å². The molecule has 0 aliphatic heterocycles. The average Bonchev–Trinajstić information content (AvgIpc) is 2.82. The second-order valence-corrected chi connectivity index (χ2v) is 5.67. The number of methoxy groups -OCH3 is 1. The molecule has 0 radical (unpaired) electrons. The lowest BCUT2D eigenvalue weighted by Crippen LogP contribution is -2.26. The fourth-order valence-corrected chi connectivity index (χ4v) is 2.58. The Balaban J connectivity index is 2.43. The number of carbonyl (C=O) groups is 2. The van der Waals surface area contributed by atoms with Crippen LogP contribution in [0.5, 0.6) is 5.75 Å². The van der Waals surface area contributed by atoms with E-state index in [0.717, 1.165) is 0 Å². The summed E-state index contributed by atoms with van der Waals surface area (Å²) < 4.78 is 21.5. The molecule has 6 nitrogen and oxygen atoms in total. The molecule has 2 aromatic rings. The predicted molar refractivity (Wildman–Crippen MR) is 86.7 cm³/mol. The van der Waals surface area contributed by atoms with Gasteiger partial charge in [0.15, 0.2) is 6.10 Å². The molecule has 1 aromatic heterocycles. The molecular weight excluding hydrogens is 368 g/mol. The lowest BCUT2D eigenvalue weighted by molar-refractivity contribution is -0.150. The van der Waals surface area contributed by atoms with Crippen molar-refractivity contribution in [2.75, 3.05) is 13.7 Å². The van der Waals surface area contributed by atoms with Crippen LogP contribution in [0, 0.1) is 6.92 Å². The largest absolute Gasteiger partial charge is 0.478 e. The predicted octanol–water partition coefficient (Wildman–Crippen LogP) is 3.62. The highest BCUT2D eigenvalue weighted by molar-refractivity contribution is 9.10. The van der Waals surface area contributed by atoms with Gasteiger partial charge in [-0.25, -0.2) is 9.59 Å². The summed E-state index contributed by atoms with van der Waals surface area (Å²) in [6.07, 6.45) is -0.779. The van der Waals surface area contributed by atoms with Crippen LogP contribution in [0.4, 0.5) is 0 Å². The van der Waals surface area contributed by atoms with E-state index in [1.165, 1.54) is 7.11 Å². The van der Waals surface area contributed by atoms with Gasteiger partial charge in [-0.05, 0) is 48.8 Å². The van der Waals surface area contributed by atoms with Gasteiger partial charge in [-0.3, -0.25) is 0 Å². The summed E-state index contributed by atoms with van der Waals surface area (Å²) in [6.45, 7) is 5.28. The molecular formula is C16H17BrO6. The Morgan fingerprint density at radius 1 is 1.35 bits per heavy atom. The number of fused-ring (bicyclic) bond motifs is 1. The van der Waals surface area contributed by atoms with Crippen LogP contribution in [-0.2, 0) is 14.3 Å². The molecule has 0 amide bonds. The van der Waals surface area contributed by atoms with Crippen molar-refractivity contribution in [2.45, 2.75) is 26.9 Å². The van der Waals surface area contributed by atoms with Crippen LogP contribution < -0.4 is 4.74 Å². The molecule has 0 saturated carbocycles. The number of furan rings is 1. The maximum absolute atomic E-state index is 11.9. The highest BCUT2D eigenvalue weighted by atomic mass is 79.9. The molecule has 23 heavy (non-hydrogen) atoms. The third kappa shape index (κ3) is 3.50. The Morgan fingerprint density at radius 3 is 2.65 bits per heavy atom. The SMILES string of the molecule is CCOC(=O)C(C)Oc1cc2c(C(=O)OC)c(C)oc2cc1Br. The van der Waals surface area contributed by atoms with Gasteiger partial charge in [0.05, 0.1) is 18.2 Å². The highest BCUT2D eigenvalue weighted by Gasteiger charge is 2.22. The second-order valence-electron chi connectivity index (χ2n) is 4.82. The fraction of sp³-hybridized carbons (Fsp3) is 0.375. The van der Waals surface area contributed by atoms with E-state index in [-0.39, 0.29) is 6.61 Å². The van der Waals surface area contributed by atoms with E-state index in [2.05, 4.69) is 15.9 Å². The molecule has 1 heterocycles. The minimum absolute atomic E-state index is 0.278. The molecule has 0 fully saturated rings. The zero-order valence-electron chi connectivity index (χ0n) is 13.3. The van der Waals surface area contributed by atoms with E-state index < -0.39 is 18.0 Å². The Hall–Kier alpha value is -2.02. The number of carbonyl (C=O) groups excluding carboxylic acids is 2. The van der Waals surface area contributed by atoms with E-state index >= 15 is 0 Å². The first-order chi connectivity index (χ1) is 10.9. The quantitative estimate of drug-likeness (QED) is 0.732. The summed E-state index contributed by atoms with van der Waals surface area (Å²) in [5.41, 5.74) is 0.856. The van der Waals surface area contributed by atoms with Gasteiger partial charge in [0.1, 0.15) is 22.7 Å². The Labute approximate surface area is 141 Å². The van der Waals surface area contributed by atoms with E-state index in [9.17, 15) is 9.59 Å². The first kappa shape index (κ1) is 17.3. The lowest BCUT2D eigenvalue weighted by Gasteiger charge is -2.14. The van der Waals surface area contributed by atoms with Gasteiger partial charge >= 0.3 is 11.9 Å². The minimum Gasteiger partial charge on any atom is -0.478 e. The topological polar surface area (TPSA) is 75.0 Å². The van der Waals surface area contributed by atoms with E-state index in [1.807, 2.05) is 0 Å². The highest BCUT2D eigenvalue weighted by Crippen LogP contribution is 2.35. The molecule has 0 bridgehead atoms. The van der Waals surface area contributed by atoms with Gasteiger partial charge < -0.3 is 18.6 Å². The number of hydrogen-bond acceptors (Lipinski definition) is 6. The Morgan fingerprint density at radius 2 is 2.04 bits per heavy atom. The molecule has 0 N–H and O–H groups in total. The number of ether oxygens (including phenoxy) is 3. The van der Waals surface area contributed by atoms with Gasteiger partial charge in [-0.1, -0.05) is 0 Å².